The summed E-state index contributed by atoms with van der Waals surface area (Å²) in [5.74, 6) is 1.27. The van der Waals surface area contributed by atoms with Gasteiger partial charge in [0, 0.05) is 60.6 Å². The van der Waals surface area contributed by atoms with Crippen LogP contribution in [0, 0.1) is 21.6 Å². The highest BCUT2D eigenvalue weighted by atomic mass is 35.5. The van der Waals surface area contributed by atoms with Crippen LogP contribution in [0.2, 0.25) is 5.02 Å². The number of aromatic nitrogens is 1. The molecule has 282 valence electrons. The summed E-state index contributed by atoms with van der Waals surface area (Å²) < 4.78 is 13.6. The van der Waals surface area contributed by atoms with Gasteiger partial charge in [-0.1, -0.05) is 56.6 Å². The third kappa shape index (κ3) is 9.87. The summed E-state index contributed by atoms with van der Waals surface area (Å²) in [4.78, 5) is 18.0. The Labute approximate surface area is 317 Å². The summed E-state index contributed by atoms with van der Waals surface area (Å²) in [5, 5.41) is 36.1. The summed E-state index contributed by atoms with van der Waals surface area (Å²) in [5.41, 5.74) is 3.83. The number of fused-ring (bicyclic) bond motifs is 1. The quantitative estimate of drug-likeness (QED) is 0.103. The van der Waals surface area contributed by atoms with Crippen LogP contribution in [0.5, 0.6) is 5.75 Å². The minimum atomic E-state index is -0.433. The first-order valence-corrected chi connectivity index (χ1v) is 18.9. The number of urea groups is 1. The largest absolute Gasteiger partial charge is 0.484 e. The van der Waals surface area contributed by atoms with E-state index in [0.29, 0.717) is 60.9 Å². The summed E-state index contributed by atoms with van der Waals surface area (Å²) in [6.07, 6.45) is 7.69. The Bertz CT molecular complexity index is 1890. The normalized spacial score (nSPS) is 19.5. The van der Waals surface area contributed by atoms with Crippen LogP contribution in [0.1, 0.15) is 81.7 Å². The highest BCUT2D eigenvalue weighted by Gasteiger charge is 2.30. The fraction of sp³-hybridized carbons (Fsp3) is 0.450. The first kappa shape index (κ1) is 38.1. The lowest BCUT2D eigenvalue weighted by atomic mass is 9.85. The lowest BCUT2D eigenvalue weighted by Gasteiger charge is -2.33. The van der Waals surface area contributed by atoms with Gasteiger partial charge in [-0.05, 0) is 79.1 Å². The first-order valence-electron chi connectivity index (χ1n) is 18.5. The molecule has 13 heteroatoms. The Kier molecular flexibility index (Phi) is 12.2. The zero-order valence-electron chi connectivity index (χ0n) is 30.9. The number of pyridine rings is 1. The van der Waals surface area contributed by atoms with Gasteiger partial charge in [0.15, 0.2) is 0 Å². The van der Waals surface area contributed by atoms with Crippen LogP contribution >= 0.6 is 11.6 Å². The van der Waals surface area contributed by atoms with Gasteiger partial charge in [0.1, 0.15) is 23.2 Å². The third-order valence-electron chi connectivity index (χ3n) is 9.99. The summed E-state index contributed by atoms with van der Waals surface area (Å²) in [6.45, 7) is 11.3. The molecule has 1 unspecified atom stereocenters. The van der Waals surface area contributed by atoms with E-state index in [1.807, 2.05) is 68.1 Å². The minimum Gasteiger partial charge on any atom is -0.484 e. The van der Waals surface area contributed by atoms with E-state index in [9.17, 15) is 4.79 Å². The van der Waals surface area contributed by atoms with Crippen LogP contribution < -0.4 is 26.2 Å². The van der Waals surface area contributed by atoms with Crippen LogP contribution in [0.3, 0.4) is 0 Å². The molecule has 2 fully saturated rings. The number of likely N-dealkylation sites (tertiary alicyclic amines) is 1. The lowest BCUT2D eigenvalue weighted by Crippen LogP contribution is -2.43. The van der Waals surface area contributed by atoms with E-state index >= 15 is 0 Å². The molecule has 53 heavy (non-hydrogen) atoms. The fourth-order valence-corrected chi connectivity index (χ4v) is 7.06. The van der Waals surface area contributed by atoms with Crippen LogP contribution in [-0.2, 0) is 11.3 Å². The maximum atomic E-state index is 13.7. The van der Waals surface area contributed by atoms with Crippen molar-refractivity contribution in [2.24, 2.45) is 5.41 Å². The molecule has 1 aliphatic carbocycles. The maximum Gasteiger partial charge on any atom is 0.320 e. The van der Waals surface area contributed by atoms with Crippen molar-refractivity contribution in [3.63, 3.8) is 0 Å². The number of carbonyl (C=O) groups excluding carboxylic acids is 1. The zero-order valence-corrected chi connectivity index (χ0v) is 31.7. The number of ether oxygens (including phenoxy) is 2. The van der Waals surface area contributed by atoms with Gasteiger partial charge in [-0.15, -0.1) is 0 Å². The second-order valence-corrected chi connectivity index (χ2v) is 15.4. The van der Waals surface area contributed by atoms with Crippen molar-refractivity contribution in [2.75, 3.05) is 44.7 Å². The van der Waals surface area contributed by atoms with Crippen LogP contribution in [0.4, 0.5) is 10.5 Å². The SMILES string of the molecule is CC(C)(C)C(=N)/C=C(/NC(=O)N[C@H]1CCC(Oc2ccc(=N)n(C(=N)N3CCCCC3)c2)c2ccccc21)Nc1ccc(Cl)c(CN2CCOCC2)c1. The van der Waals surface area contributed by atoms with Crippen LogP contribution in [0.15, 0.2) is 72.7 Å². The van der Waals surface area contributed by atoms with Gasteiger partial charge in [0.25, 0.3) is 0 Å². The van der Waals surface area contributed by atoms with E-state index in [1.54, 1.807) is 29.0 Å². The van der Waals surface area contributed by atoms with Gasteiger partial charge < -0.3 is 30.4 Å². The molecule has 2 amide bonds. The van der Waals surface area contributed by atoms with E-state index in [2.05, 4.69) is 20.9 Å². The molecule has 0 radical (unpaired) electrons. The molecule has 2 aliphatic heterocycles. The van der Waals surface area contributed by atoms with E-state index < -0.39 is 11.4 Å². The Morgan fingerprint density at radius 1 is 0.981 bits per heavy atom. The number of benzene rings is 2. The Morgan fingerprint density at radius 2 is 1.72 bits per heavy atom. The van der Waals surface area contributed by atoms with Gasteiger partial charge in [0.05, 0.1) is 25.5 Å². The highest BCUT2D eigenvalue weighted by molar-refractivity contribution is 6.31. The number of halogens is 1. The number of hydrogen-bond donors (Lipinski definition) is 6. The number of anilines is 1. The van der Waals surface area contributed by atoms with E-state index in [4.69, 9.17) is 37.3 Å². The topological polar surface area (TPSA) is 155 Å². The Balaban J connectivity index is 1.15. The average molecular weight is 742 g/mol. The molecule has 6 N–H and O–H groups in total. The first-order chi connectivity index (χ1) is 25.4. The standard InChI is InChI=1S/C40H52ClN9O3/c1-40(2,3)35(42)24-37(45-28-11-13-32(41)27(23-28)25-48-19-21-52-22-20-48)47-39(51)46-33-14-15-34(31-10-6-5-9-30(31)33)53-29-12-16-36(43)50(26-29)38(44)49-17-7-4-8-18-49/h5-6,9-13,16,23-24,26,33-34,42-45H,4,7-8,14-15,17-22,25H2,1-3H3,(H2,46,47,51)/b37-24+,42-35?,43-36?,44-38?/t33-,34?/m0/s1. The van der Waals surface area contributed by atoms with Crippen molar-refractivity contribution in [3.8, 4) is 5.75 Å². The number of hydrogen-bond acceptors (Lipinski definition) is 8. The summed E-state index contributed by atoms with van der Waals surface area (Å²) >= 11 is 6.60. The molecule has 0 bridgehead atoms. The van der Waals surface area contributed by atoms with Crippen molar-refractivity contribution >= 4 is 35.0 Å². The molecule has 2 aromatic carbocycles. The van der Waals surface area contributed by atoms with Gasteiger partial charge in [-0.3, -0.25) is 25.6 Å². The number of rotatable bonds is 9. The smallest absolute Gasteiger partial charge is 0.320 e. The van der Waals surface area contributed by atoms with Crippen LogP contribution in [-0.4, -0.2) is 71.5 Å². The summed E-state index contributed by atoms with van der Waals surface area (Å²) in [6, 6.07) is 16.5. The predicted octanol–water partition coefficient (Wildman–Crippen LogP) is 7.00. The number of piperidine rings is 1. The zero-order chi connectivity index (χ0) is 37.5. The van der Waals surface area contributed by atoms with E-state index in [-0.39, 0.29) is 17.6 Å². The molecular formula is C40H52ClN9O3. The minimum absolute atomic E-state index is 0.234. The number of allylic oxidation sites excluding steroid dienone is 1. The van der Waals surface area contributed by atoms with Crippen molar-refractivity contribution < 1.29 is 14.3 Å². The monoisotopic (exact) mass is 741 g/mol. The van der Waals surface area contributed by atoms with Crippen molar-refractivity contribution in [2.45, 2.75) is 71.6 Å². The number of nitrogens with zero attached hydrogens (tertiary/aromatic N) is 3. The molecule has 2 atom stereocenters. The predicted molar refractivity (Wildman–Crippen MR) is 209 cm³/mol. The lowest BCUT2D eigenvalue weighted by molar-refractivity contribution is 0.0342. The average Bonchev–Trinajstić information content (AvgIpc) is 3.15. The van der Waals surface area contributed by atoms with Crippen molar-refractivity contribution in [1.29, 1.82) is 16.2 Å². The van der Waals surface area contributed by atoms with Crippen LogP contribution in [0.25, 0.3) is 0 Å². The molecule has 0 saturated carbocycles. The molecule has 3 heterocycles. The molecule has 1 aromatic heterocycles. The number of nitrogens with one attached hydrogen (secondary N) is 6. The molecule has 2 saturated heterocycles. The fourth-order valence-electron chi connectivity index (χ4n) is 6.88. The molecule has 6 rings (SSSR count). The molecule has 12 nitrogen and oxygen atoms in total. The second-order valence-electron chi connectivity index (χ2n) is 15.0. The number of morpholine rings is 1. The molecule has 0 spiro atoms. The van der Waals surface area contributed by atoms with Gasteiger partial charge in [0.2, 0.25) is 5.96 Å². The van der Waals surface area contributed by atoms with Crippen molar-refractivity contribution in [3.05, 3.63) is 99.9 Å². The number of amides is 2. The van der Waals surface area contributed by atoms with Gasteiger partial charge >= 0.3 is 6.03 Å². The molecule has 3 aliphatic rings. The highest BCUT2D eigenvalue weighted by Crippen LogP contribution is 2.38. The van der Waals surface area contributed by atoms with E-state index in [1.165, 1.54) is 6.42 Å². The Morgan fingerprint density at radius 3 is 2.45 bits per heavy atom. The number of carbonyl (C=O) groups is 1. The second kappa shape index (κ2) is 17.0. The van der Waals surface area contributed by atoms with Gasteiger partial charge in [-0.25, -0.2) is 4.79 Å². The van der Waals surface area contributed by atoms with Crippen molar-refractivity contribution in [1.82, 2.24) is 25.0 Å². The summed E-state index contributed by atoms with van der Waals surface area (Å²) in [7, 11) is 0. The Hall–Kier alpha value is -4.65. The van der Waals surface area contributed by atoms with Gasteiger partial charge in [-0.2, -0.15) is 0 Å². The molecule has 3 aromatic rings. The molecular weight excluding hydrogens is 690 g/mol. The maximum absolute atomic E-state index is 13.7. The third-order valence-corrected chi connectivity index (χ3v) is 10.4. The van der Waals surface area contributed by atoms with E-state index in [0.717, 1.165) is 61.4 Å².